The van der Waals surface area contributed by atoms with Gasteiger partial charge in [-0.2, -0.15) is 4.98 Å². The molecule has 1 saturated carbocycles. The third-order valence-corrected chi connectivity index (χ3v) is 2.71. The van der Waals surface area contributed by atoms with Gasteiger partial charge < -0.3 is 15.0 Å². The fourth-order valence-corrected chi connectivity index (χ4v) is 1.53. The summed E-state index contributed by atoms with van der Waals surface area (Å²) in [5.74, 6) is 0.775. The number of aromatic nitrogens is 4. The third kappa shape index (κ3) is 2.51. The summed E-state index contributed by atoms with van der Waals surface area (Å²) in [4.78, 5) is 23.3. The summed E-state index contributed by atoms with van der Waals surface area (Å²) in [7, 11) is 0. The summed E-state index contributed by atoms with van der Waals surface area (Å²) < 4.78 is 10.1. The molecule has 1 aliphatic rings. The Balaban J connectivity index is 1.62. The van der Waals surface area contributed by atoms with Gasteiger partial charge in [-0.15, -0.1) is 0 Å². The lowest BCUT2D eigenvalue weighted by atomic mass is 10.3. The van der Waals surface area contributed by atoms with Crippen LogP contribution in [-0.2, 0) is 11.3 Å². The summed E-state index contributed by atoms with van der Waals surface area (Å²) in [5.41, 5.74) is 5.66. The van der Waals surface area contributed by atoms with Crippen LogP contribution < -0.4 is 5.73 Å². The fourth-order valence-electron chi connectivity index (χ4n) is 1.53. The van der Waals surface area contributed by atoms with Crippen molar-refractivity contribution in [2.75, 3.05) is 5.73 Å². The summed E-state index contributed by atoms with van der Waals surface area (Å²) in [6, 6.07) is 0. The number of anilines is 1. The van der Waals surface area contributed by atoms with Crippen molar-refractivity contribution in [3.05, 3.63) is 29.8 Å². The summed E-state index contributed by atoms with van der Waals surface area (Å²) in [6.07, 6.45) is 4.70. The second-order valence-electron chi connectivity index (χ2n) is 4.22. The predicted molar refractivity (Wildman–Crippen MR) is 61.8 cm³/mol. The number of nitrogens with two attached hydrogens (primary N) is 1. The van der Waals surface area contributed by atoms with Crippen molar-refractivity contribution in [2.24, 2.45) is 0 Å². The van der Waals surface area contributed by atoms with E-state index in [4.69, 9.17) is 15.0 Å². The first-order valence-corrected chi connectivity index (χ1v) is 5.79. The highest BCUT2D eigenvalue weighted by molar-refractivity contribution is 5.93. The van der Waals surface area contributed by atoms with Crippen molar-refractivity contribution >= 4 is 11.8 Å². The Morgan fingerprint density at radius 1 is 1.53 bits per heavy atom. The molecule has 3 rings (SSSR count). The lowest BCUT2D eigenvalue weighted by molar-refractivity contribution is 0.0460. The van der Waals surface area contributed by atoms with Gasteiger partial charge in [0.2, 0.25) is 11.7 Å². The van der Waals surface area contributed by atoms with Gasteiger partial charge in [0, 0.05) is 12.1 Å². The van der Waals surface area contributed by atoms with Crippen molar-refractivity contribution in [3.8, 4) is 0 Å². The van der Waals surface area contributed by atoms with E-state index in [-0.39, 0.29) is 18.0 Å². The van der Waals surface area contributed by atoms with E-state index in [1.54, 1.807) is 0 Å². The zero-order chi connectivity index (χ0) is 13.2. The summed E-state index contributed by atoms with van der Waals surface area (Å²) in [5, 5.41) is 3.74. The third-order valence-electron chi connectivity index (χ3n) is 2.71. The number of esters is 1. The molecule has 0 unspecified atom stereocenters. The maximum absolute atomic E-state index is 11.7. The maximum atomic E-state index is 11.7. The molecule has 0 bridgehead atoms. The van der Waals surface area contributed by atoms with Crippen LogP contribution in [0.15, 0.2) is 17.0 Å². The quantitative estimate of drug-likeness (QED) is 0.798. The molecule has 0 amide bonds. The van der Waals surface area contributed by atoms with Gasteiger partial charge in [0.1, 0.15) is 17.7 Å². The topological polar surface area (TPSA) is 117 Å². The van der Waals surface area contributed by atoms with E-state index in [0.29, 0.717) is 17.6 Å². The molecular weight excluding hydrogens is 250 g/mol. The average Bonchev–Trinajstić information content (AvgIpc) is 3.16. The molecule has 8 nitrogen and oxygen atoms in total. The number of hydrogen-bond donors (Lipinski definition) is 1. The zero-order valence-corrected chi connectivity index (χ0v) is 9.94. The molecule has 0 spiro atoms. The Hall–Kier alpha value is -2.51. The molecule has 1 fully saturated rings. The van der Waals surface area contributed by atoms with Crippen LogP contribution in [0.1, 0.15) is 40.8 Å². The molecule has 0 atom stereocenters. The lowest BCUT2D eigenvalue weighted by Gasteiger charge is -2.02. The second-order valence-corrected chi connectivity index (χ2v) is 4.22. The molecule has 0 aliphatic heterocycles. The highest BCUT2D eigenvalue weighted by atomic mass is 16.5. The molecule has 2 aromatic heterocycles. The number of hydrogen-bond acceptors (Lipinski definition) is 8. The van der Waals surface area contributed by atoms with E-state index < -0.39 is 5.97 Å². The van der Waals surface area contributed by atoms with Crippen LogP contribution in [-0.4, -0.2) is 26.1 Å². The first kappa shape index (κ1) is 11.6. The highest BCUT2D eigenvalue weighted by Crippen LogP contribution is 2.38. The van der Waals surface area contributed by atoms with Gasteiger partial charge in [-0.3, -0.25) is 0 Å². The number of carbonyl (C=O) groups excluding carboxylic acids is 1. The molecule has 1 aliphatic carbocycles. The number of ether oxygens (including phenoxy) is 1. The molecule has 0 radical (unpaired) electrons. The minimum atomic E-state index is -0.615. The Labute approximate surface area is 108 Å². The zero-order valence-electron chi connectivity index (χ0n) is 9.94. The van der Waals surface area contributed by atoms with Gasteiger partial charge >= 0.3 is 5.97 Å². The SMILES string of the molecule is Nc1ncncc1C(=O)OCc1noc(C2CC2)n1. The van der Waals surface area contributed by atoms with Crippen molar-refractivity contribution in [3.63, 3.8) is 0 Å². The standard InChI is InChI=1S/C11H11N5O3/c12-9-7(3-13-5-14-9)11(17)18-4-8-15-10(19-16-8)6-1-2-6/h3,5-6H,1-2,4H2,(H2,12,13,14). The van der Waals surface area contributed by atoms with Crippen molar-refractivity contribution < 1.29 is 14.1 Å². The van der Waals surface area contributed by atoms with Crippen LogP contribution in [0.4, 0.5) is 5.82 Å². The number of nitrogens with zero attached hydrogens (tertiary/aromatic N) is 4. The number of nitrogen functional groups attached to an aromatic ring is 1. The minimum absolute atomic E-state index is 0.0661. The molecule has 19 heavy (non-hydrogen) atoms. The van der Waals surface area contributed by atoms with Crippen LogP contribution in [0.2, 0.25) is 0 Å². The highest BCUT2D eigenvalue weighted by Gasteiger charge is 2.29. The molecule has 2 aromatic rings. The monoisotopic (exact) mass is 261 g/mol. The molecular formula is C11H11N5O3. The summed E-state index contributed by atoms with van der Waals surface area (Å²) >= 11 is 0. The molecule has 2 heterocycles. The first-order valence-electron chi connectivity index (χ1n) is 5.79. The van der Waals surface area contributed by atoms with Crippen molar-refractivity contribution in [1.82, 2.24) is 20.1 Å². The van der Waals surface area contributed by atoms with E-state index >= 15 is 0 Å². The Morgan fingerprint density at radius 3 is 3.11 bits per heavy atom. The van der Waals surface area contributed by atoms with Gasteiger partial charge in [-0.25, -0.2) is 14.8 Å². The van der Waals surface area contributed by atoms with Crippen LogP contribution in [0, 0.1) is 0 Å². The molecule has 2 N–H and O–H groups in total. The fraction of sp³-hybridized carbons (Fsp3) is 0.364. The Kier molecular flexibility index (Phi) is 2.82. The summed E-state index contributed by atoms with van der Waals surface area (Å²) in [6.45, 7) is -0.0661. The van der Waals surface area contributed by atoms with Crippen LogP contribution in [0.3, 0.4) is 0 Å². The van der Waals surface area contributed by atoms with Gasteiger partial charge in [-0.1, -0.05) is 5.16 Å². The van der Waals surface area contributed by atoms with Crippen LogP contribution in [0.25, 0.3) is 0 Å². The normalized spacial score (nSPS) is 14.3. The lowest BCUT2D eigenvalue weighted by Crippen LogP contribution is -2.10. The minimum Gasteiger partial charge on any atom is -0.454 e. The van der Waals surface area contributed by atoms with E-state index in [9.17, 15) is 4.79 Å². The van der Waals surface area contributed by atoms with E-state index in [0.717, 1.165) is 12.8 Å². The Morgan fingerprint density at radius 2 is 2.37 bits per heavy atom. The smallest absolute Gasteiger partial charge is 0.343 e. The van der Waals surface area contributed by atoms with E-state index in [1.165, 1.54) is 12.5 Å². The van der Waals surface area contributed by atoms with E-state index in [1.807, 2.05) is 0 Å². The predicted octanol–water partition coefficient (Wildman–Crippen LogP) is 0.676. The van der Waals surface area contributed by atoms with Crippen LogP contribution in [0.5, 0.6) is 0 Å². The second kappa shape index (κ2) is 4.63. The van der Waals surface area contributed by atoms with Gasteiger partial charge in [0.25, 0.3) is 0 Å². The van der Waals surface area contributed by atoms with Gasteiger partial charge in [0.05, 0.1) is 0 Å². The molecule has 0 aromatic carbocycles. The van der Waals surface area contributed by atoms with E-state index in [2.05, 4.69) is 20.1 Å². The van der Waals surface area contributed by atoms with Crippen molar-refractivity contribution in [2.45, 2.75) is 25.4 Å². The Bertz CT molecular complexity index is 608. The van der Waals surface area contributed by atoms with Gasteiger partial charge in [0.15, 0.2) is 6.61 Å². The van der Waals surface area contributed by atoms with Gasteiger partial charge in [-0.05, 0) is 12.8 Å². The molecule has 8 heteroatoms. The maximum Gasteiger partial charge on any atom is 0.343 e. The number of rotatable bonds is 4. The largest absolute Gasteiger partial charge is 0.454 e. The first-order chi connectivity index (χ1) is 9.24. The molecule has 0 saturated heterocycles. The number of carbonyl (C=O) groups is 1. The molecule has 98 valence electrons. The van der Waals surface area contributed by atoms with Crippen LogP contribution >= 0.6 is 0 Å². The van der Waals surface area contributed by atoms with Crippen molar-refractivity contribution in [1.29, 1.82) is 0 Å². The average molecular weight is 261 g/mol.